The van der Waals surface area contributed by atoms with E-state index in [0.29, 0.717) is 24.1 Å². The zero-order valence-corrected chi connectivity index (χ0v) is 10.6. The lowest BCUT2D eigenvalue weighted by molar-refractivity contribution is -0.119. The first-order valence-electron chi connectivity index (χ1n) is 6.34. The van der Waals surface area contributed by atoms with Crippen LogP contribution in [0.1, 0.15) is 37.9 Å². The second-order valence-electron chi connectivity index (χ2n) is 4.51. The Bertz CT molecular complexity index is 430. The number of anilines is 2. The molecule has 6 nitrogen and oxygen atoms in total. The van der Waals surface area contributed by atoms with Gasteiger partial charge in [-0.1, -0.05) is 6.92 Å². The van der Waals surface area contributed by atoms with E-state index in [4.69, 9.17) is 5.73 Å². The van der Waals surface area contributed by atoms with Gasteiger partial charge in [0.05, 0.1) is 6.54 Å². The molecule has 0 aliphatic heterocycles. The van der Waals surface area contributed by atoms with Crippen molar-refractivity contribution in [3.63, 3.8) is 0 Å². The molecule has 1 fully saturated rings. The molecule has 98 valence electrons. The van der Waals surface area contributed by atoms with Crippen molar-refractivity contribution in [3.05, 3.63) is 11.9 Å². The number of carbonyl (C=O) groups is 1. The van der Waals surface area contributed by atoms with E-state index in [0.717, 1.165) is 25.1 Å². The number of amides is 1. The standard InChI is InChI=1S/C12H19N5O/c1-2-5-14-11(18)7-15-10-6-9(13)16-12(17-10)8-3-4-8/h6,8H,2-5,7H2,1H3,(H,14,18)(H3,13,15,16,17). The van der Waals surface area contributed by atoms with E-state index in [2.05, 4.69) is 20.6 Å². The van der Waals surface area contributed by atoms with Crippen LogP contribution in [0.2, 0.25) is 0 Å². The molecular weight excluding hydrogens is 230 g/mol. The highest BCUT2D eigenvalue weighted by Gasteiger charge is 2.27. The van der Waals surface area contributed by atoms with Gasteiger partial charge < -0.3 is 16.4 Å². The van der Waals surface area contributed by atoms with Crippen molar-refractivity contribution in [2.75, 3.05) is 24.1 Å². The van der Waals surface area contributed by atoms with Crippen molar-refractivity contribution in [1.82, 2.24) is 15.3 Å². The van der Waals surface area contributed by atoms with E-state index in [9.17, 15) is 4.79 Å². The monoisotopic (exact) mass is 249 g/mol. The number of rotatable bonds is 6. The largest absolute Gasteiger partial charge is 0.384 e. The van der Waals surface area contributed by atoms with Crippen LogP contribution in [0.5, 0.6) is 0 Å². The van der Waals surface area contributed by atoms with E-state index in [1.807, 2.05) is 6.92 Å². The van der Waals surface area contributed by atoms with E-state index in [1.54, 1.807) is 6.07 Å². The van der Waals surface area contributed by atoms with Gasteiger partial charge in [0.15, 0.2) is 0 Å². The molecule has 18 heavy (non-hydrogen) atoms. The number of nitrogens with two attached hydrogens (primary N) is 1. The molecule has 1 saturated carbocycles. The van der Waals surface area contributed by atoms with Gasteiger partial charge in [-0.3, -0.25) is 4.79 Å². The van der Waals surface area contributed by atoms with Crippen LogP contribution < -0.4 is 16.4 Å². The van der Waals surface area contributed by atoms with E-state index in [1.165, 1.54) is 0 Å². The summed E-state index contributed by atoms with van der Waals surface area (Å²) < 4.78 is 0. The van der Waals surface area contributed by atoms with Gasteiger partial charge in [-0.25, -0.2) is 9.97 Å². The molecule has 1 aromatic heterocycles. The first-order valence-corrected chi connectivity index (χ1v) is 6.34. The minimum atomic E-state index is -0.0398. The van der Waals surface area contributed by atoms with Crippen LogP contribution in [0.4, 0.5) is 11.6 Å². The summed E-state index contributed by atoms with van der Waals surface area (Å²) >= 11 is 0. The van der Waals surface area contributed by atoms with Crippen LogP contribution in [0.15, 0.2) is 6.07 Å². The zero-order chi connectivity index (χ0) is 13.0. The predicted octanol–water partition coefficient (Wildman–Crippen LogP) is 0.874. The summed E-state index contributed by atoms with van der Waals surface area (Å²) in [6.45, 7) is 2.92. The average Bonchev–Trinajstić information content (AvgIpc) is 3.17. The maximum atomic E-state index is 11.4. The molecule has 1 aliphatic rings. The minimum Gasteiger partial charge on any atom is -0.384 e. The molecule has 0 radical (unpaired) electrons. The van der Waals surface area contributed by atoms with Crippen LogP contribution >= 0.6 is 0 Å². The molecule has 1 aliphatic carbocycles. The first-order chi connectivity index (χ1) is 8.69. The van der Waals surface area contributed by atoms with Crippen molar-refractivity contribution < 1.29 is 4.79 Å². The normalized spacial score (nSPS) is 14.3. The van der Waals surface area contributed by atoms with Gasteiger partial charge in [-0.15, -0.1) is 0 Å². The van der Waals surface area contributed by atoms with E-state index < -0.39 is 0 Å². The van der Waals surface area contributed by atoms with Crippen molar-refractivity contribution in [1.29, 1.82) is 0 Å². The summed E-state index contributed by atoms with van der Waals surface area (Å²) in [6.07, 6.45) is 3.18. The van der Waals surface area contributed by atoms with Crippen molar-refractivity contribution in [2.24, 2.45) is 0 Å². The average molecular weight is 249 g/mol. The molecular formula is C12H19N5O. The third-order valence-corrected chi connectivity index (χ3v) is 2.71. The third kappa shape index (κ3) is 3.58. The Labute approximate surface area is 106 Å². The number of nitrogens with zero attached hydrogens (tertiary/aromatic N) is 2. The molecule has 0 unspecified atom stereocenters. The van der Waals surface area contributed by atoms with Crippen LogP contribution in [0.25, 0.3) is 0 Å². The molecule has 0 aromatic carbocycles. The van der Waals surface area contributed by atoms with Crippen molar-refractivity contribution >= 4 is 17.5 Å². The van der Waals surface area contributed by atoms with Gasteiger partial charge in [0, 0.05) is 18.5 Å². The summed E-state index contributed by atoms with van der Waals surface area (Å²) in [4.78, 5) is 20.0. The quantitative estimate of drug-likeness (QED) is 0.695. The predicted molar refractivity (Wildman–Crippen MR) is 70.2 cm³/mol. The Morgan fingerprint density at radius 2 is 2.28 bits per heavy atom. The topological polar surface area (TPSA) is 92.9 Å². The SMILES string of the molecule is CCCNC(=O)CNc1cc(N)nc(C2CC2)n1. The zero-order valence-electron chi connectivity index (χ0n) is 10.6. The first kappa shape index (κ1) is 12.6. The van der Waals surface area contributed by atoms with Gasteiger partial charge in [-0.2, -0.15) is 0 Å². The summed E-state index contributed by atoms with van der Waals surface area (Å²) in [5.74, 6) is 2.26. The second kappa shape index (κ2) is 5.66. The van der Waals surface area contributed by atoms with E-state index in [-0.39, 0.29) is 12.5 Å². The van der Waals surface area contributed by atoms with Gasteiger partial charge in [0.25, 0.3) is 0 Å². The number of nitrogen functional groups attached to an aromatic ring is 1. The van der Waals surface area contributed by atoms with Crippen LogP contribution in [0, 0.1) is 0 Å². The molecule has 0 saturated heterocycles. The third-order valence-electron chi connectivity index (χ3n) is 2.71. The van der Waals surface area contributed by atoms with Gasteiger partial charge in [-0.05, 0) is 19.3 Å². The molecule has 1 heterocycles. The molecule has 6 heteroatoms. The summed E-state index contributed by atoms with van der Waals surface area (Å²) in [7, 11) is 0. The molecule has 0 atom stereocenters. The highest BCUT2D eigenvalue weighted by Crippen LogP contribution is 2.38. The molecule has 2 rings (SSSR count). The lowest BCUT2D eigenvalue weighted by Crippen LogP contribution is -2.30. The highest BCUT2D eigenvalue weighted by molar-refractivity contribution is 5.80. The number of hydrogen-bond donors (Lipinski definition) is 3. The molecule has 1 aromatic rings. The lowest BCUT2D eigenvalue weighted by atomic mass is 10.3. The van der Waals surface area contributed by atoms with Crippen LogP contribution in [-0.2, 0) is 4.79 Å². The summed E-state index contributed by atoms with van der Waals surface area (Å²) in [6, 6.07) is 1.65. The molecule has 0 bridgehead atoms. The Hall–Kier alpha value is -1.85. The second-order valence-corrected chi connectivity index (χ2v) is 4.51. The van der Waals surface area contributed by atoms with Crippen molar-refractivity contribution in [2.45, 2.75) is 32.1 Å². The fraction of sp³-hybridized carbons (Fsp3) is 0.583. The molecule has 1 amide bonds. The highest BCUT2D eigenvalue weighted by atomic mass is 16.1. The number of carbonyl (C=O) groups excluding carboxylic acids is 1. The Kier molecular flexibility index (Phi) is 3.96. The number of hydrogen-bond acceptors (Lipinski definition) is 5. The number of nitrogens with one attached hydrogen (secondary N) is 2. The smallest absolute Gasteiger partial charge is 0.239 e. The summed E-state index contributed by atoms with van der Waals surface area (Å²) in [5, 5.41) is 5.76. The Morgan fingerprint density at radius 3 is 2.94 bits per heavy atom. The van der Waals surface area contributed by atoms with Gasteiger partial charge in [0.1, 0.15) is 17.5 Å². The molecule has 4 N–H and O–H groups in total. The van der Waals surface area contributed by atoms with Crippen LogP contribution in [0.3, 0.4) is 0 Å². The maximum Gasteiger partial charge on any atom is 0.239 e. The Balaban J connectivity index is 1.90. The van der Waals surface area contributed by atoms with Crippen LogP contribution in [-0.4, -0.2) is 29.0 Å². The van der Waals surface area contributed by atoms with E-state index >= 15 is 0 Å². The molecule has 0 spiro atoms. The fourth-order valence-electron chi connectivity index (χ4n) is 1.60. The minimum absolute atomic E-state index is 0.0398. The van der Waals surface area contributed by atoms with Gasteiger partial charge >= 0.3 is 0 Å². The maximum absolute atomic E-state index is 11.4. The number of aromatic nitrogens is 2. The Morgan fingerprint density at radius 1 is 1.50 bits per heavy atom. The fourth-order valence-corrected chi connectivity index (χ4v) is 1.60. The lowest BCUT2D eigenvalue weighted by Gasteiger charge is -2.08. The summed E-state index contributed by atoms with van der Waals surface area (Å²) in [5.41, 5.74) is 5.72. The van der Waals surface area contributed by atoms with Gasteiger partial charge in [0.2, 0.25) is 5.91 Å². The van der Waals surface area contributed by atoms with Crippen molar-refractivity contribution in [3.8, 4) is 0 Å².